The Labute approximate surface area is 99.3 Å². The highest BCUT2D eigenvalue weighted by Gasteiger charge is 2.48. The van der Waals surface area contributed by atoms with Crippen molar-refractivity contribution >= 4 is 11.6 Å². The normalized spacial score (nSPS) is 37.6. The van der Waals surface area contributed by atoms with E-state index in [2.05, 4.69) is 0 Å². The van der Waals surface area contributed by atoms with Crippen molar-refractivity contribution in [2.45, 2.75) is 24.9 Å². The van der Waals surface area contributed by atoms with E-state index in [1.807, 2.05) is 31.2 Å². The zero-order valence-corrected chi connectivity index (χ0v) is 9.74. The average molecular weight is 241 g/mol. The molecule has 3 atom stereocenters. The SMILES string of the molecule is C[C@]12COC[C@H](O1)[C@@H](c1ccc(Cl)cc1)O2. The van der Waals surface area contributed by atoms with E-state index >= 15 is 0 Å². The van der Waals surface area contributed by atoms with Crippen molar-refractivity contribution in [3.05, 3.63) is 34.9 Å². The fourth-order valence-electron chi connectivity index (χ4n) is 2.24. The summed E-state index contributed by atoms with van der Waals surface area (Å²) in [6.45, 7) is 2.99. The fourth-order valence-corrected chi connectivity index (χ4v) is 2.37. The number of ether oxygens (including phenoxy) is 3. The molecule has 0 aliphatic carbocycles. The lowest BCUT2D eigenvalue weighted by atomic mass is 10.1. The highest BCUT2D eigenvalue weighted by Crippen LogP contribution is 2.41. The lowest BCUT2D eigenvalue weighted by Gasteiger charge is -2.26. The first-order valence-corrected chi connectivity index (χ1v) is 5.73. The first kappa shape index (κ1) is 10.5. The quantitative estimate of drug-likeness (QED) is 0.755. The highest BCUT2D eigenvalue weighted by atomic mass is 35.5. The molecule has 0 N–H and O–H groups in total. The maximum Gasteiger partial charge on any atom is 0.190 e. The van der Waals surface area contributed by atoms with Crippen LogP contribution >= 0.6 is 11.6 Å². The Balaban J connectivity index is 1.88. The molecule has 4 heteroatoms. The number of fused-ring (bicyclic) bond motifs is 2. The van der Waals surface area contributed by atoms with Crippen LogP contribution in [0.3, 0.4) is 0 Å². The number of benzene rings is 1. The molecule has 16 heavy (non-hydrogen) atoms. The van der Waals surface area contributed by atoms with Crippen LogP contribution in [0.25, 0.3) is 0 Å². The fraction of sp³-hybridized carbons (Fsp3) is 0.500. The Morgan fingerprint density at radius 2 is 2.00 bits per heavy atom. The lowest BCUT2D eigenvalue weighted by molar-refractivity contribution is -0.226. The van der Waals surface area contributed by atoms with Crippen LogP contribution in [0.2, 0.25) is 5.02 Å². The van der Waals surface area contributed by atoms with Crippen LogP contribution in [-0.2, 0) is 14.2 Å². The van der Waals surface area contributed by atoms with Crippen molar-refractivity contribution in [3.63, 3.8) is 0 Å². The first-order valence-electron chi connectivity index (χ1n) is 5.35. The molecule has 2 aliphatic rings. The van der Waals surface area contributed by atoms with Gasteiger partial charge in [0.05, 0.1) is 6.61 Å². The smallest absolute Gasteiger partial charge is 0.190 e. The molecular weight excluding hydrogens is 228 g/mol. The molecule has 0 saturated carbocycles. The Morgan fingerprint density at radius 1 is 1.25 bits per heavy atom. The van der Waals surface area contributed by atoms with Crippen LogP contribution in [0, 0.1) is 0 Å². The molecule has 2 saturated heterocycles. The molecular formula is C12H13ClO3. The van der Waals surface area contributed by atoms with Gasteiger partial charge in [0.15, 0.2) is 5.79 Å². The van der Waals surface area contributed by atoms with Gasteiger partial charge in [-0.05, 0) is 24.6 Å². The van der Waals surface area contributed by atoms with E-state index in [9.17, 15) is 0 Å². The van der Waals surface area contributed by atoms with Crippen LogP contribution in [0.4, 0.5) is 0 Å². The van der Waals surface area contributed by atoms with E-state index in [1.54, 1.807) is 0 Å². The zero-order valence-electron chi connectivity index (χ0n) is 8.98. The largest absolute Gasteiger partial charge is 0.373 e. The van der Waals surface area contributed by atoms with Crippen LogP contribution in [-0.4, -0.2) is 25.1 Å². The summed E-state index contributed by atoms with van der Waals surface area (Å²) in [5.41, 5.74) is 1.09. The van der Waals surface area contributed by atoms with Crippen molar-refractivity contribution < 1.29 is 14.2 Å². The molecule has 2 aliphatic heterocycles. The predicted molar refractivity (Wildman–Crippen MR) is 59.4 cm³/mol. The average Bonchev–Trinajstić information content (AvgIpc) is 2.50. The second-order valence-electron chi connectivity index (χ2n) is 4.40. The number of halogens is 1. The third-order valence-electron chi connectivity index (χ3n) is 2.96. The van der Waals surface area contributed by atoms with Gasteiger partial charge in [-0.25, -0.2) is 0 Å². The topological polar surface area (TPSA) is 27.7 Å². The Hall–Kier alpha value is -0.610. The Kier molecular flexibility index (Phi) is 2.44. The Bertz CT molecular complexity index is 392. The minimum Gasteiger partial charge on any atom is -0.373 e. The second kappa shape index (κ2) is 3.70. The number of rotatable bonds is 1. The predicted octanol–water partition coefficient (Wildman–Crippen LogP) is 2.54. The van der Waals surface area contributed by atoms with E-state index in [-0.39, 0.29) is 12.2 Å². The van der Waals surface area contributed by atoms with Gasteiger partial charge in [-0.15, -0.1) is 0 Å². The zero-order chi connectivity index (χ0) is 11.2. The molecule has 2 heterocycles. The van der Waals surface area contributed by atoms with Gasteiger partial charge >= 0.3 is 0 Å². The van der Waals surface area contributed by atoms with Gasteiger partial charge in [0.1, 0.15) is 18.8 Å². The summed E-state index contributed by atoms with van der Waals surface area (Å²) in [4.78, 5) is 0. The molecule has 3 nitrogen and oxygen atoms in total. The molecule has 0 radical (unpaired) electrons. The molecule has 0 aromatic heterocycles. The number of hydrogen-bond donors (Lipinski definition) is 0. The molecule has 2 fully saturated rings. The summed E-state index contributed by atoms with van der Waals surface area (Å²) in [6.07, 6.45) is -0.0651. The third kappa shape index (κ3) is 1.74. The summed E-state index contributed by atoms with van der Waals surface area (Å²) in [7, 11) is 0. The van der Waals surface area contributed by atoms with Crippen molar-refractivity contribution in [1.29, 1.82) is 0 Å². The molecule has 1 aromatic carbocycles. The third-order valence-corrected chi connectivity index (χ3v) is 3.21. The van der Waals surface area contributed by atoms with Crippen molar-refractivity contribution in [1.82, 2.24) is 0 Å². The van der Waals surface area contributed by atoms with Crippen molar-refractivity contribution in [3.8, 4) is 0 Å². The second-order valence-corrected chi connectivity index (χ2v) is 4.83. The van der Waals surface area contributed by atoms with Crippen LogP contribution in [0.5, 0.6) is 0 Å². The van der Waals surface area contributed by atoms with E-state index in [0.29, 0.717) is 13.2 Å². The van der Waals surface area contributed by atoms with E-state index in [1.165, 1.54) is 0 Å². The molecule has 1 aromatic rings. The highest BCUT2D eigenvalue weighted by molar-refractivity contribution is 6.30. The van der Waals surface area contributed by atoms with Crippen LogP contribution in [0.1, 0.15) is 18.6 Å². The summed E-state index contributed by atoms with van der Waals surface area (Å²) < 4.78 is 17.2. The Morgan fingerprint density at radius 3 is 2.69 bits per heavy atom. The van der Waals surface area contributed by atoms with Crippen molar-refractivity contribution in [2.24, 2.45) is 0 Å². The molecule has 0 amide bonds. The van der Waals surface area contributed by atoms with Gasteiger partial charge in [0, 0.05) is 5.02 Å². The van der Waals surface area contributed by atoms with Crippen LogP contribution in [0.15, 0.2) is 24.3 Å². The maximum absolute atomic E-state index is 5.91. The molecule has 0 unspecified atom stereocenters. The van der Waals surface area contributed by atoms with Gasteiger partial charge in [-0.1, -0.05) is 23.7 Å². The summed E-state index contributed by atoms with van der Waals surface area (Å²) in [6, 6.07) is 7.68. The van der Waals surface area contributed by atoms with E-state index < -0.39 is 5.79 Å². The summed E-state index contributed by atoms with van der Waals surface area (Å²) in [5.74, 6) is -0.590. The minimum absolute atomic E-state index is 0.0140. The molecule has 86 valence electrons. The number of hydrogen-bond acceptors (Lipinski definition) is 3. The summed E-state index contributed by atoms with van der Waals surface area (Å²) >= 11 is 5.86. The maximum atomic E-state index is 5.91. The van der Waals surface area contributed by atoms with E-state index in [0.717, 1.165) is 10.6 Å². The van der Waals surface area contributed by atoms with Gasteiger partial charge in [0.2, 0.25) is 0 Å². The lowest BCUT2D eigenvalue weighted by Crippen LogP contribution is -2.38. The van der Waals surface area contributed by atoms with Gasteiger partial charge in [-0.3, -0.25) is 0 Å². The molecule has 0 spiro atoms. The standard InChI is InChI=1S/C12H13ClO3/c1-12-7-14-6-10(15-12)11(16-12)8-2-4-9(13)5-3-8/h2-5,10-11H,6-7H2,1H3/t10-,11+,12-/m0/s1. The minimum atomic E-state index is -0.590. The summed E-state index contributed by atoms with van der Waals surface area (Å²) in [5, 5.41) is 0.730. The van der Waals surface area contributed by atoms with Crippen molar-refractivity contribution in [2.75, 3.05) is 13.2 Å². The van der Waals surface area contributed by atoms with Gasteiger partial charge < -0.3 is 14.2 Å². The van der Waals surface area contributed by atoms with Gasteiger partial charge in [-0.2, -0.15) is 0 Å². The monoisotopic (exact) mass is 240 g/mol. The molecule has 2 bridgehead atoms. The first-order chi connectivity index (χ1) is 7.66. The van der Waals surface area contributed by atoms with Crippen LogP contribution < -0.4 is 0 Å². The van der Waals surface area contributed by atoms with Gasteiger partial charge in [0.25, 0.3) is 0 Å². The molecule has 3 rings (SSSR count). The van der Waals surface area contributed by atoms with E-state index in [4.69, 9.17) is 25.8 Å².